The second-order valence-corrected chi connectivity index (χ2v) is 9.34. The van der Waals surface area contributed by atoms with E-state index < -0.39 is 0 Å². The maximum atomic E-state index is 12.9. The van der Waals surface area contributed by atoms with E-state index in [2.05, 4.69) is 9.80 Å². The molecule has 2 heterocycles. The molecule has 2 amide bonds. The first-order chi connectivity index (χ1) is 13.6. The lowest BCUT2D eigenvalue weighted by Gasteiger charge is -2.46. The van der Waals surface area contributed by atoms with Crippen LogP contribution in [0.2, 0.25) is 0 Å². The summed E-state index contributed by atoms with van der Waals surface area (Å²) in [5.74, 6) is 1.15. The Bertz CT molecular complexity index is 705. The standard InChI is InChI=1S/C24H34N2O2/c1-19-6-2-3-7-21(19)23(28)26-16-12-24(13-17-26)10-8-20(9-11-24)18-22(27)25-14-4-5-15-25/h2-3,6-7,20H,4-5,8-18H2,1H3. The molecule has 0 atom stereocenters. The molecule has 4 rings (SSSR count). The van der Waals surface area contributed by atoms with Crippen LogP contribution in [0.25, 0.3) is 0 Å². The van der Waals surface area contributed by atoms with Crippen molar-refractivity contribution in [1.82, 2.24) is 9.80 Å². The number of aryl methyl sites for hydroxylation is 1. The molecule has 0 aromatic heterocycles. The number of piperidine rings is 1. The minimum atomic E-state index is 0.192. The zero-order chi connectivity index (χ0) is 19.6. The molecule has 2 saturated heterocycles. The predicted octanol–water partition coefficient (Wildman–Crippen LogP) is 4.42. The fourth-order valence-electron chi connectivity index (χ4n) is 5.50. The Labute approximate surface area is 169 Å². The van der Waals surface area contributed by atoms with Crippen molar-refractivity contribution >= 4 is 11.8 Å². The smallest absolute Gasteiger partial charge is 0.254 e. The number of hydrogen-bond donors (Lipinski definition) is 0. The lowest BCUT2D eigenvalue weighted by Crippen LogP contribution is -2.45. The number of likely N-dealkylation sites (tertiary alicyclic amines) is 2. The Kier molecular flexibility index (Phi) is 5.75. The van der Waals surface area contributed by atoms with Crippen molar-refractivity contribution in [3.8, 4) is 0 Å². The van der Waals surface area contributed by atoms with Crippen LogP contribution in [0.4, 0.5) is 0 Å². The molecule has 1 spiro atoms. The van der Waals surface area contributed by atoms with Crippen LogP contribution in [0.15, 0.2) is 24.3 Å². The van der Waals surface area contributed by atoms with E-state index in [0.717, 1.165) is 56.6 Å². The van der Waals surface area contributed by atoms with Gasteiger partial charge in [-0.15, -0.1) is 0 Å². The van der Waals surface area contributed by atoms with Gasteiger partial charge in [-0.2, -0.15) is 0 Å². The van der Waals surface area contributed by atoms with E-state index in [4.69, 9.17) is 0 Å². The van der Waals surface area contributed by atoms with Crippen molar-refractivity contribution in [2.75, 3.05) is 26.2 Å². The normalized spacial score (nSPS) is 22.6. The van der Waals surface area contributed by atoms with Gasteiger partial charge in [0.15, 0.2) is 0 Å². The number of amides is 2. The highest BCUT2D eigenvalue weighted by Gasteiger charge is 2.39. The zero-order valence-corrected chi connectivity index (χ0v) is 17.3. The second kappa shape index (κ2) is 8.26. The third kappa shape index (κ3) is 4.11. The summed E-state index contributed by atoms with van der Waals surface area (Å²) in [6, 6.07) is 7.91. The molecule has 0 bridgehead atoms. The van der Waals surface area contributed by atoms with Gasteiger partial charge in [0.25, 0.3) is 5.91 Å². The van der Waals surface area contributed by atoms with Crippen molar-refractivity contribution in [3.05, 3.63) is 35.4 Å². The van der Waals surface area contributed by atoms with Gasteiger partial charge in [0, 0.05) is 38.2 Å². The molecule has 3 aliphatic rings. The Hall–Kier alpha value is -1.84. The van der Waals surface area contributed by atoms with Gasteiger partial charge >= 0.3 is 0 Å². The van der Waals surface area contributed by atoms with Gasteiger partial charge in [0.2, 0.25) is 5.91 Å². The zero-order valence-electron chi connectivity index (χ0n) is 17.3. The molecule has 1 aromatic carbocycles. The van der Waals surface area contributed by atoms with E-state index in [1.54, 1.807) is 0 Å². The SMILES string of the molecule is Cc1ccccc1C(=O)N1CCC2(CCC(CC(=O)N3CCCC3)CC2)CC1. The van der Waals surface area contributed by atoms with Gasteiger partial charge in [-0.05, 0) is 81.3 Å². The van der Waals surface area contributed by atoms with Crippen molar-refractivity contribution < 1.29 is 9.59 Å². The summed E-state index contributed by atoms with van der Waals surface area (Å²) in [6.07, 6.45) is 10.2. The predicted molar refractivity (Wildman–Crippen MR) is 111 cm³/mol. The highest BCUT2D eigenvalue weighted by atomic mass is 16.2. The maximum absolute atomic E-state index is 12.9. The summed E-state index contributed by atoms with van der Waals surface area (Å²) in [7, 11) is 0. The van der Waals surface area contributed by atoms with Crippen LogP contribution in [-0.2, 0) is 4.79 Å². The van der Waals surface area contributed by atoms with E-state index in [1.165, 1.54) is 38.5 Å². The summed E-state index contributed by atoms with van der Waals surface area (Å²) in [6.45, 7) is 5.72. The summed E-state index contributed by atoms with van der Waals surface area (Å²) in [5, 5.41) is 0. The summed E-state index contributed by atoms with van der Waals surface area (Å²) in [4.78, 5) is 29.4. The fourth-order valence-corrected chi connectivity index (χ4v) is 5.50. The Morgan fingerprint density at radius 2 is 1.57 bits per heavy atom. The fraction of sp³-hybridized carbons (Fsp3) is 0.667. The largest absolute Gasteiger partial charge is 0.343 e. The van der Waals surface area contributed by atoms with Gasteiger partial charge in [-0.1, -0.05) is 18.2 Å². The van der Waals surface area contributed by atoms with Crippen molar-refractivity contribution in [2.45, 2.75) is 64.7 Å². The van der Waals surface area contributed by atoms with E-state index in [-0.39, 0.29) is 5.91 Å². The number of carbonyl (C=O) groups is 2. The molecular formula is C24H34N2O2. The van der Waals surface area contributed by atoms with E-state index in [1.807, 2.05) is 31.2 Å². The van der Waals surface area contributed by atoms with Gasteiger partial charge in [-0.25, -0.2) is 0 Å². The average Bonchev–Trinajstić information content (AvgIpc) is 3.25. The van der Waals surface area contributed by atoms with Crippen LogP contribution < -0.4 is 0 Å². The number of benzene rings is 1. The Balaban J connectivity index is 1.26. The first-order valence-corrected chi connectivity index (χ1v) is 11.2. The molecular weight excluding hydrogens is 348 g/mol. The molecule has 2 aliphatic heterocycles. The van der Waals surface area contributed by atoms with Crippen molar-refractivity contribution in [3.63, 3.8) is 0 Å². The van der Waals surface area contributed by atoms with E-state index >= 15 is 0 Å². The average molecular weight is 383 g/mol. The van der Waals surface area contributed by atoms with Gasteiger partial charge < -0.3 is 9.80 Å². The van der Waals surface area contributed by atoms with Crippen molar-refractivity contribution in [2.24, 2.45) is 11.3 Å². The number of nitrogens with zero attached hydrogens (tertiary/aromatic N) is 2. The first-order valence-electron chi connectivity index (χ1n) is 11.2. The second-order valence-electron chi connectivity index (χ2n) is 9.34. The first kappa shape index (κ1) is 19.5. The molecule has 3 fully saturated rings. The van der Waals surface area contributed by atoms with Crippen LogP contribution in [0.3, 0.4) is 0 Å². The topological polar surface area (TPSA) is 40.6 Å². The summed E-state index contributed by atoms with van der Waals surface area (Å²) >= 11 is 0. The lowest BCUT2D eigenvalue weighted by atomic mass is 9.65. The maximum Gasteiger partial charge on any atom is 0.254 e. The molecule has 0 N–H and O–H groups in total. The van der Waals surface area contributed by atoms with Gasteiger partial charge in [-0.3, -0.25) is 9.59 Å². The van der Waals surface area contributed by atoms with E-state index in [9.17, 15) is 9.59 Å². The molecule has 1 aliphatic carbocycles. The van der Waals surface area contributed by atoms with Crippen LogP contribution >= 0.6 is 0 Å². The molecule has 4 heteroatoms. The summed E-state index contributed by atoms with van der Waals surface area (Å²) < 4.78 is 0. The minimum absolute atomic E-state index is 0.192. The van der Waals surface area contributed by atoms with Crippen molar-refractivity contribution in [1.29, 1.82) is 0 Å². The molecule has 28 heavy (non-hydrogen) atoms. The van der Waals surface area contributed by atoms with Gasteiger partial charge in [0.1, 0.15) is 0 Å². The Morgan fingerprint density at radius 3 is 2.21 bits per heavy atom. The Morgan fingerprint density at radius 1 is 0.929 bits per heavy atom. The third-order valence-electron chi connectivity index (χ3n) is 7.57. The summed E-state index contributed by atoms with van der Waals surface area (Å²) in [5.41, 5.74) is 2.33. The monoisotopic (exact) mass is 382 g/mol. The lowest BCUT2D eigenvalue weighted by molar-refractivity contribution is -0.131. The number of carbonyl (C=O) groups excluding carboxylic acids is 2. The molecule has 1 aromatic rings. The third-order valence-corrected chi connectivity index (χ3v) is 7.57. The highest BCUT2D eigenvalue weighted by Crippen LogP contribution is 2.47. The van der Waals surface area contributed by atoms with Crippen LogP contribution in [0.5, 0.6) is 0 Å². The molecule has 4 nitrogen and oxygen atoms in total. The van der Waals surface area contributed by atoms with E-state index in [0.29, 0.717) is 17.2 Å². The van der Waals surface area contributed by atoms with Gasteiger partial charge in [0.05, 0.1) is 0 Å². The molecule has 1 saturated carbocycles. The molecule has 0 radical (unpaired) electrons. The number of hydrogen-bond acceptors (Lipinski definition) is 2. The highest BCUT2D eigenvalue weighted by molar-refractivity contribution is 5.95. The number of rotatable bonds is 3. The van der Waals surface area contributed by atoms with Crippen LogP contribution in [0, 0.1) is 18.3 Å². The quantitative estimate of drug-likeness (QED) is 0.776. The minimum Gasteiger partial charge on any atom is -0.343 e. The van der Waals surface area contributed by atoms with Crippen LogP contribution in [0.1, 0.15) is 73.7 Å². The molecule has 0 unspecified atom stereocenters. The molecule has 152 valence electrons. The van der Waals surface area contributed by atoms with Crippen LogP contribution in [-0.4, -0.2) is 47.8 Å².